The molecule has 4 rings (SSSR count). The molecule has 2 heterocycles. The van der Waals surface area contributed by atoms with Gasteiger partial charge in [-0.15, -0.1) is 0 Å². The summed E-state index contributed by atoms with van der Waals surface area (Å²) in [7, 11) is 0. The van der Waals surface area contributed by atoms with Gasteiger partial charge in [0.15, 0.2) is 0 Å². The molecule has 1 atom stereocenters. The molecule has 0 spiro atoms. The summed E-state index contributed by atoms with van der Waals surface area (Å²) in [6.07, 6.45) is 1.38. The van der Waals surface area contributed by atoms with Gasteiger partial charge in [0.2, 0.25) is 0 Å². The third-order valence-electron chi connectivity index (χ3n) is 5.20. The number of benzene rings is 2. The van der Waals surface area contributed by atoms with E-state index in [0.29, 0.717) is 42.7 Å². The Morgan fingerprint density at radius 3 is 2.48 bits per heavy atom. The summed E-state index contributed by atoms with van der Waals surface area (Å²) in [5, 5.41) is 0. The fourth-order valence-corrected chi connectivity index (χ4v) is 3.67. The molecule has 3 amide bonds. The van der Waals surface area contributed by atoms with Crippen LogP contribution in [0.15, 0.2) is 48.5 Å². The van der Waals surface area contributed by atoms with Crippen molar-refractivity contribution in [1.29, 1.82) is 0 Å². The minimum Gasteiger partial charge on any atom is -0.337 e. The predicted molar refractivity (Wildman–Crippen MR) is 100 cm³/mol. The molecule has 2 aromatic carbocycles. The number of amides is 3. The van der Waals surface area contributed by atoms with Crippen LogP contribution >= 0.6 is 0 Å². The van der Waals surface area contributed by atoms with Gasteiger partial charge in [0, 0.05) is 31.2 Å². The van der Waals surface area contributed by atoms with Crippen molar-refractivity contribution in [2.24, 2.45) is 5.73 Å². The fourth-order valence-electron chi connectivity index (χ4n) is 3.67. The quantitative estimate of drug-likeness (QED) is 0.838. The number of hydrogen-bond acceptors (Lipinski definition) is 4. The van der Waals surface area contributed by atoms with Crippen LogP contribution in [-0.4, -0.2) is 53.2 Å². The number of imide groups is 1. The Bertz CT molecular complexity index is 910. The molecule has 0 unspecified atom stereocenters. The summed E-state index contributed by atoms with van der Waals surface area (Å²) < 4.78 is 0. The lowest BCUT2D eigenvalue weighted by Gasteiger charge is -2.16. The maximum absolute atomic E-state index is 12.7. The first-order valence-electron chi connectivity index (χ1n) is 9.13. The minimum atomic E-state index is -0.335. The van der Waals surface area contributed by atoms with E-state index in [9.17, 15) is 14.4 Å². The molecule has 138 valence electrons. The number of hydrogen-bond donors (Lipinski definition) is 1. The van der Waals surface area contributed by atoms with Gasteiger partial charge in [-0.2, -0.15) is 0 Å². The second-order valence-corrected chi connectivity index (χ2v) is 7.06. The maximum atomic E-state index is 12.7. The summed E-state index contributed by atoms with van der Waals surface area (Å²) >= 11 is 0. The van der Waals surface area contributed by atoms with Crippen LogP contribution in [0.1, 0.15) is 43.1 Å². The van der Waals surface area contributed by atoms with Gasteiger partial charge < -0.3 is 10.6 Å². The first-order chi connectivity index (χ1) is 13.0. The largest absolute Gasteiger partial charge is 0.337 e. The summed E-state index contributed by atoms with van der Waals surface area (Å²) in [4.78, 5) is 40.9. The SMILES string of the molecule is N[C@@H]1CCN(C(=O)c2ccc3c(c2)C(=O)N(CCc2ccccc2)C3=O)C1. The van der Waals surface area contributed by atoms with Crippen LogP contribution in [0.3, 0.4) is 0 Å². The topological polar surface area (TPSA) is 83.7 Å². The first-order valence-corrected chi connectivity index (χ1v) is 9.13. The molecule has 0 saturated carbocycles. The highest BCUT2D eigenvalue weighted by Gasteiger charge is 2.36. The molecule has 6 nitrogen and oxygen atoms in total. The molecule has 2 aliphatic heterocycles. The van der Waals surface area contributed by atoms with Crippen molar-refractivity contribution in [3.63, 3.8) is 0 Å². The van der Waals surface area contributed by atoms with Crippen LogP contribution in [0.5, 0.6) is 0 Å². The van der Waals surface area contributed by atoms with E-state index < -0.39 is 0 Å². The third kappa shape index (κ3) is 3.24. The Morgan fingerprint density at radius 2 is 1.78 bits per heavy atom. The normalized spacial score (nSPS) is 18.9. The molecule has 2 aliphatic rings. The molecule has 0 aromatic heterocycles. The average molecular weight is 363 g/mol. The molecule has 0 bridgehead atoms. The highest BCUT2D eigenvalue weighted by Crippen LogP contribution is 2.25. The number of likely N-dealkylation sites (tertiary alicyclic amines) is 1. The van der Waals surface area contributed by atoms with Crippen molar-refractivity contribution in [2.45, 2.75) is 18.9 Å². The van der Waals surface area contributed by atoms with E-state index in [1.54, 1.807) is 23.1 Å². The van der Waals surface area contributed by atoms with Gasteiger partial charge in [0.25, 0.3) is 17.7 Å². The molecular formula is C21H21N3O3. The number of nitrogens with two attached hydrogens (primary N) is 1. The molecule has 1 saturated heterocycles. The molecule has 6 heteroatoms. The van der Waals surface area contributed by atoms with Crippen molar-refractivity contribution in [3.05, 3.63) is 70.8 Å². The summed E-state index contributed by atoms with van der Waals surface area (Å²) in [5.41, 5.74) is 8.03. The van der Waals surface area contributed by atoms with Crippen molar-refractivity contribution in [3.8, 4) is 0 Å². The van der Waals surface area contributed by atoms with E-state index in [1.807, 2.05) is 30.3 Å². The standard InChI is InChI=1S/C21H21N3O3/c22-16-9-10-23(13-16)19(25)15-6-7-17-18(12-15)21(27)24(20(17)26)11-8-14-4-2-1-3-5-14/h1-7,12,16H,8-11,13,22H2/t16-/m1/s1. The van der Waals surface area contributed by atoms with Crippen LogP contribution in [-0.2, 0) is 6.42 Å². The van der Waals surface area contributed by atoms with Crippen LogP contribution in [0.2, 0.25) is 0 Å². The van der Waals surface area contributed by atoms with Gasteiger partial charge in [0.1, 0.15) is 0 Å². The second-order valence-electron chi connectivity index (χ2n) is 7.06. The summed E-state index contributed by atoms with van der Waals surface area (Å²) in [6, 6.07) is 14.5. The van der Waals surface area contributed by atoms with Gasteiger partial charge in [-0.3, -0.25) is 19.3 Å². The van der Waals surface area contributed by atoms with E-state index in [0.717, 1.165) is 12.0 Å². The second kappa shape index (κ2) is 6.96. The van der Waals surface area contributed by atoms with Crippen LogP contribution in [0.25, 0.3) is 0 Å². The number of nitrogens with zero attached hydrogens (tertiary/aromatic N) is 2. The molecule has 2 aromatic rings. The van der Waals surface area contributed by atoms with E-state index in [-0.39, 0.29) is 23.8 Å². The number of rotatable bonds is 4. The number of fused-ring (bicyclic) bond motifs is 1. The van der Waals surface area contributed by atoms with Crippen molar-refractivity contribution < 1.29 is 14.4 Å². The first kappa shape index (κ1) is 17.4. The van der Waals surface area contributed by atoms with E-state index in [4.69, 9.17) is 5.73 Å². The average Bonchev–Trinajstić information content (AvgIpc) is 3.22. The predicted octanol–water partition coefficient (Wildman–Crippen LogP) is 1.70. The van der Waals surface area contributed by atoms with Gasteiger partial charge in [-0.25, -0.2) is 0 Å². The lowest BCUT2D eigenvalue weighted by molar-refractivity contribution is 0.0655. The molecule has 27 heavy (non-hydrogen) atoms. The van der Waals surface area contributed by atoms with Crippen LogP contribution in [0, 0.1) is 0 Å². The lowest BCUT2D eigenvalue weighted by atomic mass is 10.0. The lowest BCUT2D eigenvalue weighted by Crippen LogP contribution is -2.32. The molecule has 2 N–H and O–H groups in total. The van der Waals surface area contributed by atoms with E-state index in [2.05, 4.69) is 0 Å². The zero-order chi connectivity index (χ0) is 19.0. The molecular weight excluding hydrogens is 342 g/mol. The fraction of sp³-hybridized carbons (Fsp3) is 0.286. The summed E-state index contributed by atoms with van der Waals surface area (Å²) in [6.45, 7) is 1.46. The monoisotopic (exact) mass is 363 g/mol. The Morgan fingerprint density at radius 1 is 1.04 bits per heavy atom. The molecule has 1 fully saturated rings. The van der Waals surface area contributed by atoms with Crippen molar-refractivity contribution in [2.75, 3.05) is 19.6 Å². The minimum absolute atomic E-state index is 0.0000602. The Balaban J connectivity index is 1.52. The Kier molecular flexibility index (Phi) is 4.49. The van der Waals surface area contributed by atoms with Crippen molar-refractivity contribution in [1.82, 2.24) is 9.80 Å². The number of carbonyl (C=O) groups is 3. The van der Waals surface area contributed by atoms with Crippen LogP contribution < -0.4 is 5.73 Å². The van der Waals surface area contributed by atoms with Crippen molar-refractivity contribution >= 4 is 17.7 Å². The Hall–Kier alpha value is -2.99. The zero-order valence-electron chi connectivity index (χ0n) is 14.9. The smallest absolute Gasteiger partial charge is 0.261 e. The molecule has 0 aliphatic carbocycles. The molecule has 0 radical (unpaired) electrons. The maximum Gasteiger partial charge on any atom is 0.261 e. The van der Waals surface area contributed by atoms with Gasteiger partial charge in [-0.05, 0) is 36.6 Å². The Labute approximate surface area is 157 Å². The highest BCUT2D eigenvalue weighted by atomic mass is 16.2. The van der Waals surface area contributed by atoms with Gasteiger partial charge in [-0.1, -0.05) is 30.3 Å². The summed E-state index contributed by atoms with van der Waals surface area (Å²) in [5.74, 6) is -0.777. The highest BCUT2D eigenvalue weighted by molar-refractivity contribution is 6.22. The third-order valence-corrected chi connectivity index (χ3v) is 5.20. The van der Waals surface area contributed by atoms with Gasteiger partial charge in [0.05, 0.1) is 11.1 Å². The van der Waals surface area contributed by atoms with Gasteiger partial charge >= 0.3 is 0 Å². The zero-order valence-corrected chi connectivity index (χ0v) is 14.9. The van der Waals surface area contributed by atoms with Crippen LogP contribution in [0.4, 0.5) is 0 Å². The van der Waals surface area contributed by atoms with E-state index >= 15 is 0 Å². The van der Waals surface area contributed by atoms with E-state index in [1.165, 1.54) is 4.90 Å². The number of carbonyl (C=O) groups excluding carboxylic acids is 3.